The molecule has 6 nitrogen and oxygen atoms in total. The van der Waals surface area contributed by atoms with Gasteiger partial charge in [0.05, 0.1) is 6.04 Å². The summed E-state index contributed by atoms with van der Waals surface area (Å²) in [5, 5.41) is 10.5. The smallest absolute Gasteiger partial charge is 0.240 e. The van der Waals surface area contributed by atoms with Crippen LogP contribution in [0.25, 0.3) is 0 Å². The number of amides is 2. The number of nitrogens with one attached hydrogen (secondary N) is 3. The monoisotopic (exact) mass is 562 g/mol. The van der Waals surface area contributed by atoms with Gasteiger partial charge in [-0.25, -0.2) is 4.39 Å². The number of benzene rings is 1. The molecule has 218 valence electrons. The zero-order valence-electron chi connectivity index (χ0n) is 24.0. The Balaban J connectivity index is 1.44. The maximum atomic E-state index is 13.9. The number of hydrogen-bond acceptors (Lipinski definition) is 4. The van der Waals surface area contributed by atoms with Gasteiger partial charge in [0, 0.05) is 49.2 Å². The average Bonchev–Trinajstić information content (AvgIpc) is 3.32. The molecule has 2 unspecified atom stereocenters. The highest BCUT2D eigenvalue weighted by Crippen LogP contribution is 2.48. The molecule has 8 heteroatoms. The zero-order valence-corrected chi connectivity index (χ0v) is 24.8. The predicted molar refractivity (Wildman–Crippen MR) is 156 cm³/mol. The molecule has 39 heavy (non-hydrogen) atoms. The summed E-state index contributed by atoms with van der Waals surface area (Å²) in [6.07, 6.45) is 8.58. The minimum Gasteiger partial charge on any atom is -0.351 e. The first-order valence-electron chi connectivity index (χ1n) is 15.0. The number of nitrogens with zero attached hydrogens (tertiary/aromatic N) is 1. The summed E-state index contributed by atoms with van der Waals surface area (Å²) in [5.74, 6) is 0.765. The second-order valence-corrected chi connectivity index (χ2v) is 13.7. The van der Waals surface area contributed by atoms with Gasteiger partial charge in [0.25, 0.3) is 0 Å². The van der Waals surface area contributed by atoms with Gasteiger partial charge >= 0.3 is 0 Å². The van der Waals surface area contributed by atoms with Crippen molar-refractivity contribution in [3.05, 3.63) is 34.9 Å². The van der Waals surface area contributed by atoms with Crippen molar-refractivity contribution >= 4 is 23.4 Å². The molecule has 1 saturated carbocycles. The van der Waals surface area contributed by atoms with E-state index in [1.165, 1.54) is 32.1 Å². The van der Waals surface area contributed by atoms with Gasteiger partial charge in [-0.05, 0) is 88.3 Å². The fraction of sp³-hybridized carbons (Fsp3) is 0.742. The Morgan fingerprint density at radius 3 is 2.38 bits per heavy atom. The molecule has 4 rings (SSSR count). The van der Waals surface area contributed by atoms with Crippen LogP contribution in [0.3, 0.4) is 0 Å². The number of likely N-dealkylation sites (tertiary alicyclic amines) is 1. The van der Waals surface area contributed by atoms with E-state index in [9.17, 15) is 14.0 Å². The molecule has 2 heterocycles. The number of alkyl halides is 1. The average molecular weight is 563 g/mol. The zero-order chi connectivity index (χ0) is 28.0. The van der Waals surface area contributed by atoms with Crippen LogP contribution < -0.4 is 16.0 Å². The van der Waals surface area contributed by atoms with Crippen LogP contribution in [0.2, 0.25) is 5.02 Å². The molecule has 2 aliphatic heterocycles. The molecule has 1 aromatic carbocycles. The lowest BCUT2D eigenvalue weighted by Crippen LogP contribution is -2.55. The molecule has 0 aromatic heterocycles. The van der Waals surface area contributed by atoms with E-state index < -0.39 is 12.2 Å². The van der Waals surface area contributed by atoms with E-state index in [1.807, 2.05) is 49.9 Å². The van der Waals surface area contributed by atoms with Crippen molar-refractivity contribution < 1.29 is 14.0 Å². The summed E-state index contributed by atoms with van der Waals surface area (Å²) >= 11 is 6.09. The van der Waals surface area contributed by atoms with Crippen molar-refractivity contribution in [3.63, 3.8) is 0 Å². The van der Waals surface area contributed by atoms with E-state index in [0.29, 0.717) is 56.4 Å². The molecule has 1 aromatic rings. The molecule has 2 saturated heterocycles. The highest BCUT2D eigenvalue weighted by atomic mass is 35.5. The Kier molecular flexibility index (Phi) is 10.3. The van der Waals surface area contributed by atoms with Crippen LogP contribution in [-0.2, 0) is 16.0 Å². The lowest BCUT2D eigenvalue weighted by Gasteiger charge is -2.48. The summed E-state index contributed by atoms with van der Waals surface area (Å²) in [4.78, 5) is 29.0. The lowest BCUT2D eigenvalue weighted by atomic mass is 9.62. The number of hydrogen-bond donors (Lipinski definition) is 3. The van der Waals surface area contributed by atoms with E-state index in [4.69, 9.17) is 11.6 Å². The standard InChI is InChI=1S/C31H48ClFN4O2/c1-30(2,3)36-28(38)19-31(23-7-5-4-6-8-23)13-15-37(16-14-31)29(39)27(17-22-9-11-24(32)12-10-22)35-21-26-18-25(33)20-34-26/h9-12,23,25-27,34-35H,4-8,13-21H2,1-3H3,(H,36,38)/t25?,26?,27-/m1/s1. The lowest BCUT2D eigenvalue weighted by molar-refractivity contribution is -0.138. The van der Waals surface area contributed by atoms with E-state index in [-0.39, 0.29) is 28.8 Å². The fourth-order valence-corrected chi connectivity index (χ4v) is 7.06. The highest BCUT2D eigenvalue weighted by molar-refractivity contribution is 6.30. The van der Waals surface area contributed by atoms with Crippen molar-refractivity contribution in [2.75, 3.05) is 26.2 Å². The Morgan fingerprint density at radius 2 is 1.79 bits per heavy atom. The van der Waals surface area contributed by atoms with Crippen LogP contribution in [0.5, 0.6) is 0 Å². The van der Waals surface area contributed by atoms with Crippen LogP contribution in [0, 0.1) is 11.3 Å². The number of carbonyl (C=O) groups excluding carboxylic acids is 2. The summed E-state index contributed by atoms with van der Waals surface area (Å²) in [7, 11) is 0. The maximum absolute atomic E-state index is 13.9. The quantitative estimate of drug-likeness (QED) is 0.394. The van der Waals surface area contributed by atoms with Gasteiger partial charge in [0.15, 0.2) is 0 Å². The molecule has 2 amide bonds. The van der Waals surface area contributed by atoms with Crippen LogP contribution in [0.1, 0.15) is 84.1 Å². The predicted octanol–water partition coefficient (Wildman–Crippen LogP) is 5.03. The topological polar surface area (TPSA) is 73.5 Å². The number of piperidine rings is 1. The van der Waals surface area contributed by atoms with Gasteiger partial charge in [0.1, 0.15) is 6.17 Å². The SMILES string of the molecule is CC(C)(C)NC(=O)CC1(C2CCCCC2)CCN(C(=O)[C@@H](Cc2ccc(Cl)cc2)NCC2CC(F)CN2)CC1. The van der Waals surface area contributed by atoms with Crippen molar-refractivity contribution in [3.8, 4) is 0 Å². The van der Waals surface area contributed by atoms with Gasteiger partial charge in [0.2, 0.25) is 11.8 Å². The first kappa shape index (κ1) is 30.3. The molecular weight excluding hydrogens is 515 g/mol. The molecule has 3 N–H and O–H groups in total. The Morgan fingerprint density at radius 1 is 1.13 bits per heavy atom. The van der Waals surface area contributed by atoms with E-state index in [0.717, 1.165) is 18.4 Å². The molecular formula is C31H48ClFN4O2. The summed E-state index contributed by atoms with van der Waals surface area (Å²) in [6, 6.07) is 7.28. The normalized spacial score (nSPS) is 24.9. The van der Waals surface area contributed by atoms with Crippen LogP contribution >= 0.6 is 11.6 Å². The summed E-state index contributed by atoms with van der Waals surface area (Å²) < 4.78 is 13.7. The van der Waals surface area contributed by atoms with Crippen molar-refractivity contribution in [1.29, 1.82) is 0 Å². The number of carbonyl (C=O) groups is 2. The first-order chi connectivity index (χ1) is 18.5. The summed E-state index contributed by atoms with van der Waals surface area (Å²) in [5.41, 5.74) is 0.744. The van der Waals surface area contributed by atoms with Crippen molar-refractivity contribution in [1.82, 2.24) is 20.9 Å². The Labute approximate surface area is 239 Å². The molecule has 1 aliphatic carbocycles. The first-order valence-corrected chi connectivity index (χ1v) is 15.4. The third-order valence-electron chi connectivity index (χ3n) is 9.00. The maximum Gasteiger partial charge on any atom is 0.240 e. The second-order valence-electron chi connectivity index (χ2n) is 13.2. The Hall–Kier alpha value is -1.70. The molecule has 0 spiro atoms. The van der Waals surface area contributed by atoms with E-state index in [1.54, 1.807) is 0 Å². The minimum absolute atomic E-state index is 0.0298. The highest BCUT2D eigenvalue weighted by Gasteiger charge is 2.44. The van der Waals surface area contributed by atoms with Gasteiger partial charge in [-0.2, -0.15) is 0 Å². The fourth-order valence-electron chi connectivity index (χ4n) is 6.93. The van der Waals surface area contributed by atoms with Gasteiger partial charge < -0.3 is 20.9 Å². The van der Waals surface area contributed by atoms with E-state index >= 15 is 0 Å². The van der Waals surface area contributed by atoms with E-state index in [2.05, 4.69) is 16.0 Å². The summed E-state index contributed by atoms with van der Waals surface area (Å²) in [6.45, 7) is 8.36. The molecule has 3 atom stereocenters. The van der Waals surface area contributed by atoms with Gasteiger partial charge in [-0.15, -0.1) is 0 Å². The molecule has 3 fully saturated rings. The molecule has 3 aliphatic rings. The molecule has 0 bridgehead atoms. The van der Waals surface area contributed by atoms with Crippen molar-refractivity contribution in [2.24, 2.45) is 11.3 Å². The van der Waals surface area contributed by atoms with Crippen molar-refractivity contribution in [2.45, 2.75) is 109 Å². The Bertz CT molecular complexity index is 952. The third-order valence-corrected chi connectivity index (χ3v) is 9.25. The largest absolute Gasteiger partial charge is 0.351 e. The van der Waals surface area contributed by atoms with Crippen LogP contribution in [0.4, 0.5) is 4.39 Å². The van der Waals surface area contributed by atoms with Gasteiger partial charge in [-0.1, -0.05) is 43.0 Å². The van der Waals surface area contributed by atoms with Crippen LogP contribution in [0.15, 0.2) is 24.3 Å². The minimum atomic E-state index is -0.826. The van der Waals surface area contributed by atoms with Gasteiger partial charge in [-0.3, -0.25) is 9.59 Å². The number of halogens is 2. The third kappa shape index (κ3) is 8.64. The second kappa shape index (κ2) is 13.3. The van der Waals surface area contributed by atoms with Crippen LogP contribution in [-0.4, -0.2) is 66.7 Å². The number of rotatable bonds is 9. The molecule has 0 radical (unpaired) electrons.